The van der Waals surface area contributed by atoms with Crippen molar-refractivity contribution >= 4 is 5.69 Å². The minimum atomic E-state index is 0.249. The number of rotatable bonds is 3. The Morgan fingerprint density at radius 1 is 1.10 bits per heavy atom. The average molecular weight is 267 g/mol. The van der Waals surface area contributed by atoms with E-state index >= 15 is 0 Å². The van der Waals surface area contributed by atoms with Gasteiger partial charge < -0.3 is 10.1 Å². The maximum absolute atomic E-state index is 5.89. The summed E-state index contributed by atoms with van der Waals surface area (Å²) in [6, 6.07) is 16.7. The minimum absolute atomic E-state index is 0.249. The Balaban J connectivity index is 1.76. The van der Waals surface area contributed by atoms with Gasteiger partial charge in [0.25, 0.3) is 0 Å². The lowest BCUT2D eigenvalue weighted by molar-refractivity contribution is 0.306. The van der Waals surface area contributed by atoms with Crippen LogP contribution in [0.5, 0.6) is 5.75 Å². The zero-order valence-electron chi connectivity index (χ0n) is 12.1. The summed E-state index contributed by atoms with van der Waals surface area (Å²) >= 11 is 0. The number of nitrogens with one attached hydrogen (secondary N) is 1. The second-order valence-corrected chi connectivity index (χ2v) is 6.04. The number of anilines is 1. The van der Waals surface area contributed by atoms with Gasteiger partial charge in [-0.1, -0.05) is 50.2 Å². The molecule has 1 heterocycles. The number of hydrogen-bond donors (Lipinski definition) is 1. The molecule has 0 aliphatic carbocycles. The van der Waals surface area contributed by atoms with Gasteiger partial charge >= 0.3 is 0 Å². The maximum Gasteiger partial charge on any atom is 0.121 e. The first-order valence-corrected chi connectivity index (χ1v) is 7.20. The molecular weight excluding hydrogens is 246 g/mol. The van der Waals surface area contributed by atoms with E-state index in [4.69, 9.17) is 4.74 Å². The smallest absolute Gasteiger partial charge is 0.121 e. The second kappa shape index (κ2) is 5.20. The molecule has 104 valence electrons. The zero-order chi connectivity index (χ0) is 14.0. The molecule has 3 rings (SSSR count). The van der Waals surface area contributed by atoms with Gasteiger partial charge in [0.2, 0.25) is 0 Å². The van der Waals surface area contributed by atoms with Crippen molar-refractivity contribution in [3.8, 4) is 5.75 Å². The highest BCUT2D eigenvalue weighted by Crippen LogP contribution is 2.38. The quantitative estimate of drug-likeness (QED) is 0.892. The SMILES string of the molecule is CC1(C)CCNc2cc(OCc3ccccc3)ccc21. The first kappa shape index (κ1) is 13.0. The monoisotopic (exact) mass is 267 g/mol. The van der Waals surface area contributed by atoms with Gasteiger partial charge in [-0.05, 0) is 29.0 Å². The van der Waals surface area contributed by atoms with Crippen molar-refractivity contribution < 1.29 is 4.74 Å². The van der Waals surface area contributed by atoms with Crippen LogP contribution in [0.15, 0.2) is 48.5 Å². The molecule has 0 unspecified atom stereocenters. The van der Waals surface area contributed by atoms with Crippen molar-refractivity contribution in [2.75, 3.05) is 11.9 Å². The molecule has 0 fully saturated rings. The predicted molar refractivity (Wildman–Crippen MR) is 83.3 cm³/mol. The second-order valence-electron chi connectivity index (χ2n) is 6.04. The highest BCUT2D eigenvalue weighted by atomic mass is 16.5. The fourth-order valence-electron chi connectivity index (χ4n) is 2.73. The van der Waals surface area contributed by atoms with Gasteiger partial charge in [0.15, 0.2) is 0 Å². The van der Waals surface area contributed by atoms with Gasteiger partial charge in [-0.3, -0.25) is 0 Å². The van der Waals surface area contributed by atoms with E-state index in [1.54, 1.807) is 0 Å². The van der Waals surface area contributed by atoms with Crippen molar-refractivity contribution in [3.63, 3.8) is 0 Å². The van der Waals surface area contributed by atoms with E-state index in [1.807, 2.05) is 18.2 Å². The summed E-state index contributed by atoms with van der Waals surface area (Å²) in [4.78, 5) is 0. The van der Waals surface area contributed by atoms with Crippen LogP contribution < -0.4 is 10.1 Å². The lowest BCUT2D eigenvalue weighted by atomic mass is 9.78. The molecular formula is C18H21NO. The third-order valence-corrected chi connectivity index (χ3v) is 4.03. The Bertz CT molecular complexity index is 590. The van der Waals surface area contributed by atoms with Crippen LogP contribution in [0.2, 0.25) is 0 Å². The van der Waals surface area contributed by atoms with E-state index in [0.29, 0.717) is 6.61 Å². The molecule has 2 heteroatoms. The fourth-order valence-corrected chi connectivity index (χ4v) is 2.73. The summed E-state index contributed by atoms with van der Waals surface area (Å²) in [6.07, 6.45) is 1.17. The van der Waals surface area contributed by atoms with Gasteiger partial charge in [-0.2, -0.15) is 0 Å². The lowest BCUT2D eigenvalue weighted by Crippen LogP contribution is -2.28. The summed E-state index contributed by atoms with van der Waals surface area (Å²) in [6.45, 7) is 6.25. The number of ether oxygens (including phenoxy) is 1. The molecule has 0 saturated heterocycles. The van der Waals surface area contributed by atoms with Crippen molar-refractivity contribution in [3.05, 3.63) is 59.7 Å². The molecule has 20 heavy (non-hydrogen) atoms. The molecule has 2 nitrogen and oxygen atoms in total. The molecule has 0 spiro atoms. The summed E-state index contributed by atoms with van der Waals surface area (Å²) in [5, 5.41) is 3.48. The molecule has 1 aliphatic heterocycles. The normalized spacial score (nSPS) is 16.1. The van der Waals surface area contributed by atoms with Crippen LogP contribution >= 0.6 is 0 Å². The van der Waals surface area contributed by atoms with Crippen LogP contribution in [-0.2, 0) is 12.0 Å². The summed E-state index contributed by atoms with van der Waals surface area (Å²) in [5.74, 6) is 0.929. The topological polar surface area (TPSA) is 21.3 Å². The van der Waals surface area contributed by atoms with Crippen molar-refractivity contribution in [2.24, 2.45) is 0 Å². The predicted octanol–water partition coefficient (Wildman–Crippen LogP) is 4.36. The van der Waals surface area contributed by atoms with E-state index in [0.717, 1.165) is 12.3 Å². The Labute approximate surface area is 120 Å². The highest BCUT2D eigenvalue weighted by Gasteiger charge is 2.27. The van der Waals surface area contributed by atoms with Crippen LogP contribution in [0.25, 0.3) is 0 Å². The Kier molecular flexibility index (Phi) is 3.39. The molecule has 0 aromatic heterocycles. The molecule has 2 aromatic carbocycles. The van der Waals surface area contributed by atoms with Gasteiger partial charge in [-0.15, -0.1) is 0 Å². The van der Waals surface area contributed by atoms with E-state index in [2.05, 4.69) is 49.5 Å². The Morgan fingerprint density at radius 3 is 2.70 bits per heavy atom. The van der Waals surface area contributed by atoms with E-state index in [-0.39, 0.29) is 5.41 Å². The summed E-state index contributed by atoms with van der Waals surface area (Å²) < 4.78 is 5.89. The first-order valence-electron chi connectivity index (χ1n) is 7.20. The molecule has 0 amide bonds. The lowest BCUT2D eigenvalue weighted by Gasteiger charge is -2.33. The Morgan fingerprint density at radius 2 is 1.90 bits per heavy atom. The number of fused-ring (bicyclic) bond motifs is 1. The average Bonchev–Trinajstić information content (AvgIpc) is 2.46. The summed E-state index contributed by atoms with van der Waals surface area (Å²) in [5.41, 5.74) is 4.04. The maximum atomic E-state index is 5.89. The van der Waals surface area contributed by atoms with Gasteiger partial charge in [-0.25, -0.2) is 0 Å². The molecule has 2 aromatic rings. The van der Waals surface area contributed by atoms with E-state index in [9.17, 15) is 0 Å². The van der Waals surface area contributed by atoms with Gasteiger partial charge in [0.05, 0.1) is 0 Å². The van der Waals surface area contributed by atoms with Crippen molar-refractivity contribution in [1.29, 1.82) is 0 Å². The standard InChI is InChI=1S/C18H21NO/c1-18(2)10-11-19-17-12-15(8-9-16(17)18)20-13-14-6-4-3-5-7-14/h3-9,12,19H,10-11,13H2,1-2H3. The third-order valence-electron chi connectivity index (χ3n) is 4.03. The van der Waals surface area contributed by atoms with Crippen LogP contribution in [0.1, 0.15) is 31.4 Å². The minimum Gasteiger partial charge on any atom is -0.489 e. The van der Waals surface area contributed by atoms with Gasteiger partial charge in [0.1, 0.15) is 12.4 Å². The third kappa shape index (κ3) is 2.64. The fraction of sp³-hybridized carbons (Fsp3) is 0.333. The molecule has 0 bridgehead atoms. The van der Waals surface area contributed by atoms with Crippen LogP contribution in [0.4, 0.5) is 5.69 Å². The van der Waals surface area contributed by atoms with E-state index in [1.165, 1.54) is 23.2 Å². The van der Waals surface area contributed by atoms with Crippen LogP contribution in [-0.4, -0.2) is 6.54 Å². The van der Waals surface area contributed by atoms with Crippen molar-refractivity contribution in [1.82, 2.24) is 0 Å². The molecule has 0 atom stereocenters. The molecule has 0 saturated carbocycles. The zero-order valence-corrected chi connectivity index (χ0v) is 12.1. The van der Waals surface area contributed by atoms with Crippen molar-refractivity contribution in [2.45, 2.75) is 32.3 Å². The van der Waals surface area contributed by atoms with Gasteiger partial charge in [0, 0.05) is 18.3 Å². The molecule has 1 aliphatic rings. The summed E-state index contributed by atoms with van der Waals surface area (Å²) in [7, 11) is 0. The number of benzene rings is 2. The number of hydrogen-bond acceptors (Lipinski definition) is 2. The first-order chi connectivity index (χ1) is 9.65. The van der Waals surface area contributed by atoms with Crippen LogP contribution in [0, 0.1) is 0 Å². The highest BCUT2D eigenvalue weighted by molar-refractivity contribution is 5.59. The Hall–Kier alpha value is -1.96. The molecule has 1 N–H and O–H groups in total. The largest absolute Gasteiger partial charge is 0.489 e. The molecule has 0 radical (unpaired) electrons. The van der Waals surface area contributed by atoms with Crippen LogP contribution in [0.3, 0.4) is 0 Å². The van der Waals surface area contributed by atoms with E-state index < -0.39 is 0 Å².